The van der Waals surface area contributed by atoms with Gasteiger partial charge in [0.15, 0.2) is 0 Å². The minimum Gasteiger partial charge on any atom is -0.478 e. The first kappa shape index (κ1) is 15.7. The molecule has 1 aromatic carbocycles. The Kier molecular flexibility index (Phi) is 4.09. The maximum absolute atomic E-state index is 12.1. The van der Waals surface area contributed by atoms with Gasteiger partial charge < -0.3 is 9.15 Å². The van der Waals surface area contributed by atoms with Gasteiger partial charge in [0, 0.05) is 23.5 Å². The molecule has 4 rings (SSSR count). The van der Waals surface area contributed by atoms with Crippen molar-refractivity contribution >= 4 is 11.0 Å². The molecule has 0 amide bonds. The van der Waals surface area contributed by atoms with Gasteiger partial charge in [0.25, 0.3) is 0 Å². The maximum atomic E-state index is 12.1. The fourth-order valence-corrected chi connectivity index (χ4v) is 4.09. The third kappa shape index (κ3) is 2.63. The fourth-order valence-electron chi connectivity index (χ4n) is 4.09. The minimum absolute atomic E-state index is 0.236. The van der Waals surface area contributed by atoms with Gasteiger partial charge in [-0.15, -0.1) is 0 Å². The monoisotopic (exact) mass is 327 g/mol. The summed E-state index contributed by atoms with van der Waals surface area (Å²) in [5.74, 6) is 0.860. The number of hydrogen-bond donors (Lipinski definition) is 0. The molecule has 0 unspecified atom stereocenters. The largest absolute Gasteiger partial charge is 0.478 e. The Balaban J connectivity index is 1.75. The predicted molar refractivity (Wildman–Crippen MR) is 94.5 cm³/mol. The lowest BCUT2D eigenvalue weighted by Gasteiger charge is -2.35. The minimum atomic E-state index is -0.236. The molecule has 0 atom stereocenters. The van der Waals surface area contributed by atoms with E-state index in [1.807, 2.05) is 26.0 Å². The number of nitrogens with zero attached hydrogens (tertiary/aromatic N) is 1. The molecule has 128 valence electrons. The standard InChI is InChI=1S/C20H25NO3/c1-13-14(2)20(22)24-19-16(13)9-10-18-17(19)11-21(12-23-18)15-7-5-3-4-6-8-15/h9-10,15H,3-8,11-12H2,1-2H3. The van der Waals surface area contributed by atoms with Crippen molar-refractivity contribution in [1.29, 1.82) is 0 Å². The Morgan fingerprint density at radius 1 is 1.04 bits per heavy atom. The van der Waals surface area contributed by atoms with Crippen LogP contribution in [0.25, 0.3) is 11.0 Å². The third-order valence-electron chi connectivity index (χ3n) is 5.77. The van der Waals surface area contributed by atoms with Crippen LogP contribution in [0, 0.1) is 13.8 Å². The van der Waals surface area contributed by atoms with Gasteiger partial charge in [-0.3, -0.25) is 4.90 Å². The first-order valence-electron chi connectivity index (χ1n) is 9.08. The Morgan fingerprint density at radius 3 is 2.54 bits per heavy atom. The van der Waals surface area contributed by atoms with Crippen LogP contribution in [0.2, 0.25) is 0 Å². The summed E-state index contributed by atoms with van der Waals surface area (Å²) >= 11 is 0. The van der Waals surface area contributed by atoms with E-state index in [0.717, 1.165) is 28.8 Å². The Bertz CT molecular complexity index is 816. The van der Waals surface area contributed by atoms with E-state index < -0.39 is 0 Å². The normalized spacial score (nSPS) is 19.8. The molecule has 1 aliphatic carbocycles. The van der Waals surface area contributed by atoms with Gasteiger partial charge in [0.05, 0.1) is 5.56 Å². The van der Waals surface area contributed by atoms with Gasteiger partial charge in [-0.1, -0.05) is 25.7 Å². The van der Waals surface area contributed by atoms with Gasteiger partial charge in [-0.05, 0) is 44.4 Å². The molecule has 0 bridgehead atoms. The van der Waals surface area contributed by atoms with Crippen molar-refractivity contribution in [3.8, 4) is 5.75 Å². The van der Waals surface area contributed by atoms with Crippen LogP contribution in [0.1, 0.15) is 55.2 Å². The molecular weight excluding hydrogens is 302 g/mol. The lowest BCUT2D eigenvalue weighted by atomic mass is 10.0. The molecular formula is C20H25NO3. The Hall–Kier alpha value is -1.81. The second-order valence-corrected chi connectivity index (χ2v) is 7.22. The zero-order valence-electron chi connectivity index (χ0n) is 14.6. The summed E-state index contributed by atoms with van der Waals surface area (Å²) in [6.07, 6.45) is 7.78. The van der Waals surface area contributed by atoms with Crippen LogP contribution in [0.5, 0.6) is 5.75 Å². The van der Waals surface area contributed by atoms with E-state index in [1.54, 1.807) is 0 Å². The summed E-state index contributed by atoms with van der Waals surface area (Å²) in [6.45, 7) is 5.27. The summed E-state index contributed by atoms with van der Waals surface area (Å²) in [5.41, 5.74) is 3.21. The average molecular weight is 327 g/mol. The molecule has 0 spiro atoms. The van der Waals surface area contributed by atoms with Crippen LogP contribution in [-0.2, 0) is 6.54 Å². The molecule has 0 saturated heterocycles. The molecule has 2 aromatic rings. The first-order chi connectivity index (χ1) is 11.6. The fraction of sp³-hybridized carbons (Fsp3) is 0.550. The van der Waals surface area contributed by atoms with Gasteiger partial charge in [0.2, 0.25) is 0 Å². The van der Waals surface area contributed by atoms with Crippen LogP contribution in [0.4, 0.5) is 0 Å². The second kappa shape index (κ2) is 6.25. The zero-order valence-corrected chi connectivity index (χ0v) is 14.6. The lowest BCUT2D eigenvalue weighted by molar-refractivity contribution is 0.0495. The van der Waals surface area contributed by atoms with Crippen LogP contribution in [0.15, 0.2) is 21.3 Å². The molecule has 0 N–H and O–H groups in total. The lowest BCUT2D eigenvalue weighted by Crippen LogP contribution is -2.40. The molecule has 1 fully saturated rings. The Morgan fingerprint density at radius 2 is 1.79 bits per heavy atom. The van der Waals surface area contributed by atoms with Crippen LogP contribution >= 0.6 is 0 Å². The van der Waals surface area contributed by atoms with Gasteiger partial charge in [-0.25, -0.2) is 4.79 Å². The van der Waals surface area contributed by atoms with E-state index in [9.17, 15) is 4.79 Å². The highest BCUT2D eigenvalue weighted by Crippen LogP contribution is 2.35. The molecule has 2 heterocycles. The van der Waals surface area contributed by atoms with Gasteiger partial charge >= 0.3 is 5.63 Å². The van der Waals surface area contributed by atoms with E-state index in [4.69, 9.17) is 9.15 Å². The molecule has 1 saturated carbocycles. The van der Waals surface area contributed by atoms with Crippen molar-refractivity contribution in [2.24, 2.45) is 0 Å². The van der Waals surface area contributed by atoms with Crippen molar-refractivity contribution < 1.29 is 9.15 Å². The zero-order chi connectivity index (χ0) is 16.7. The van der Waals surface area contributed by atoms with Crippen molar-refractivity contribution in [3.05, 3.63) is 39.2 Å². The van der Waals surface area contributed by atoms with Crippen molar-refractivity contribution in [1.82, 2.24) is 4.90 Å². The molecule has 2 aliphatic rings. The molecule has 0 radical (unpaired) electrons. The molecule has 1 aromatic heterocycles. The number of rotatable bonds is 1. The quantitative estimate of drug-likeness (QED) is 0.579. The van der Waals surface area contributed by atoms with E-state index in [1.165, 1.54) is 38.5 Å². The number of benzene rings is 1. The van der Waals surface area contributed by atoms with Crippen molar-refractivity contribution in [3.63, 3.8) is 0 Å². The maximum Gasteiger partial charge on any atom is 0.339 e. The summed E-state index contributed by atoms with van der Waals surface area (Å²) in [5, 5.41) is 1.03. The number of ether oxygens (including phenoxy) is 1. The van der Waals surface area contributed by atoms with E-state index in [2.05, 4.69) is 4.90 Å². The smallest absolute Gasteiger partial charge is 0.339 e. The molecule has 4 nitrogen and oxygen atoms in total. The van der Waals surface area contributed by atoms with Crippen LogP contribution in [-0.4, -0.2) is 17.7 Å². The number of aryl methyl sites for hydroxylation is 1. The van der Waals surface area contributed by atoms with E-state index in [-0.39, 0.29) is 5.63 Å². The van der Waals surface area contributed by atoms with Gasteiger partial charge in [-0.2, -0.15) is 0 Å². The van der Waals surface area contributed by atoms with Crippen molar-refractivity contribution in [2.75, 3.05) is 6.73 Å². The second-order valence-electron chi connectivity index (χ2n) is 7.22. The topological polar surface area (TPSA) is 42.7 Å². The summed E-state index contributed by atoms with van der Waals surface area (Å²) in [4.78, 5) is 14.6. The van der Waals surface area contributed by atoms with Crippen LogP contribution < -0.4 is 10.4 Å². The highest BCUT2D eigenvalue weighted by Gasteiger charge is 2.27. The number of hydrogen-bond acceptors (Lipinski definition) is 4. The van der Waals surface area contributed by atoms with Crippen molar-refractivity contribution in [2.45, 2.75) is 65.0 Å². The highest BCUT2D eigenvalue weighted by atomic mass is 16.5. The molecule has 4 heteroatoms. The average Bonchev–Trinajstić information content (AvgIpc) is 2.88. The molecule has 1 aliphatic heterocycles. The Labute approximate surface area is 142 Å². The first-order valence-corrected chi connectivity index (χ1v) is 9.08. The van der Waals surface area contributed by atoms with Crippen LogP contribution in [0.3, 0.4) is 0 Å². The van der Waals surface area contributed by atoms with Gasteiger partial charge in [0.1, 0.15) is 18.1 Å². The predicted octanol–water partition coefficient (Wildman–Crippen LogP) is 4.28. The summed E-state index contributed by atoms with van der Waals surface area (Å²) in [6, 6.07) is 4.61. The highest BCUT2D eigenvalue weighted by molar-refractivity contribution is 5.85. The molecule has 24 heavy (non-hydrogen) atoms. The third-order valence-corrected chi connectivity index (χ3v) is 5.77. The van der Waals surface area contributed by atoms with E-state index >= 15 is 0 Å². The SMILES string of the molecule is Cc1c(C)c2ccc3c(c2oc1=O)CN(C1CCCCCC1)CO3. The van der Waals surface area contributed by atoms with E-state index in [0.29, 0.717) is 23.9 Å². The summed E-state index contributed by atoms with van der Waals surface area (Å²) in [7, 11) is 0. The number of fused-ring (bicyclic) bond motifs is 3. The summed E-state index contributed by atoms with van der Waals surface area (Å²) < 4.78 is 11.7.